The van der Waals surface area contributed by atoms with Crippen molar-refractivity contribution in [2.24, 2.45) is 0 Å². The number of nitrogens with zero attached hydrogens (tertiary/aromatic N) is 1. The van der Waals surface area contributed by atoms with Crippen LogP contribution in [0.2, 0.25) is 0 Å². The first kappa shape index (κ1) is 15.4. The highest BCUT2D eigenvalue weighted by Crippen LogP contribution is 2.32. The Balaban J connectivity index is 1.64. The molecule has 4 heteroatoms. The largest absolute Gasteiger partial charge is 0.497 e. The summed E-state index contributed by atoms with van der Waals surface area (Å²) in [6.45, 7) is 0.865. The minimum atomic E-state index is 0.0344. The fourth-order valence-corrected chi connectivity index (χ4v) is 2.98. The molecule has 1 heterocycles. The van der Waals surface area contributed by atoms with Crippen LogP contribution in [-0.2, 0) is 4.79 Å². The van der Waals surface area contributed by atoms with Gasteiger partial charge < -0.3 is 14.4 Å². The predicted octanol–water partition coefficient (Wildman–Crippen LogP) is 3.44. The van der Waals surface area contributed by atoms with Gasteiger partial charge in [0.15, 0.2) is 6.61 Å². The van der Waals surface area contributed by atoms with Gasteiger partial charge in [-0.15, -0.1) is 0 Å². The molecule has 1 unspecified atom stereocenters. The fourth-order valence-electron chi connectivity index (χ4n) is 2.98. The van der Waals surface area contributed by atoms with E-state index in [0.717, 1.165) is 36.4 Å². The number of amides is 1. The van der Waals surface area contributed by atoms with Crippen molar-refractivity contribution >= 4 is 5.91 Å². The van der Waals surface area contributed by atoms with Crippen LogP contribution < -0.4 is 9.47 Å². The molecule has 1 amide bonds. The Morgan fingerprint density at radius 3 is 2.52 bits per heavy atom. The maximum absolute atomic E-state index is 12.5. The molecule has 23 heavy (non-hydrogen) atoms. The Morgan fingerprint density at radius 2 is 1.83 bits per heavy atom. The number of ether oxygens (including phenoxy) is 2. The lowest BCUT2D eigenvalue weighted by Crippen LogP contribution is -2.34. The van der Waals surface area contributed by atoms with Gasteiger partial charge in [0.25, 0.3) is 5.91 Å². The second-order valence-electron chi connectivity index (χ2n) is 5.62. The van der Waals surface area contributed by atoms with Gasteiger partial charge in [0.05, 0.1) is 13.2 Å². The van der Waals surface area contributed by atoms with Crippen molar-refractivity contribution in [3.63, 3.8) is 0 Å². The molecular formula is C19H21NO3. The maximum Gasteiger partial charge on any atom is 0.261 e. The van der Waals surface area contributed by atoms with Crippen molar-refractivity contribution in [1.29, 1.82) is 0 Å². The second kappa shape index (κ2) is 7.18. The average molecular weight is 311 g/mol. The Kier molecular flexibility index (Phi) is 4.81. The number of methoxy groups -OCH3 is 1. The van der Waals surface area contributed by atoms with E-state index in [4.69, 9.17) is 9.47 Å². The number of hydrogen-bond acceptors (Lipinski definition) is 3. The van der Waals surface area contributed by atoms with E-state index in [0.29, 0.717) is 0 Å². The van der Waals surface area contributed by atoms with Crippen molar-refractivity contribution in [2.45, 2.75) is 18.9 Å². The van der Waals surface area contributed by atoms with E-state index in [2.05, 4.69) is 0 Å². The Labute approximate surface area is 136 Å². The van der Waals surface area contributed by atoms with Crippen molar-refractivity contribution in [1.82, 2.24) is 4.90 Å². The minimum absolute atomic E-state index is 0.0344. The van der Waals surface area contributed by atoms with Crippen LogP contribution in [0, 0.1) is 0 Å². The van der Waals surface area contributed by atoms with Crippen LogP contribution in [0.3, 0.4) is 0 Å². The summed E-state index contributed by atoms with van der Waals surface area (Å²) in [5.74, 6) is 1.59. The summed E-state index contributed by atoms with van der Waals surface area (Å²) in [6, 6.07) is 17.5. The first-order valence-electron chi connectivity index (χ1n) is 7.89. The zero-order chi connectivity index (χ0) is 16.1. The zero-order valence-electron chi connectivity index (χ0n) is 13.3. The van der Waals surface area contributed by atoms with E-state index in [1.54, 1.807) is 7.11 Å². The predicted molar refractivity (Wildman–Crippen MR) is 88.6 cm³/mol. The number of hydrogen-bond donors (Lipinski definition) is 0. The summed E-state index contributed by atoms with van der Waals surface area (Å²) in [6.07, 6.45) is 2.01. The van der Waals surface area contributed by atoms with E-state index >= 15 is 0 Å². The smallest absolute Gasteiger partial charge is 0.261 e. The molecule has 1 fully saturated rings. The van der Waals surface area contributed by atoms with Crippen LogP contribution in [0.1, 0.15) is 24.4 Å². The van der Waals surface area contributed by atoms with E-state index in [1.807, 2.05) is 59.5 Å². The summed E-state index contributed by atoms with van der Waals surface area (Å²) in [4.78, 5) is 14.4. The topological polar surface area (TPSA) is 38.8 Å². The summed E-state index contributed by atoms with van der Waals surface area (Å²) < 4.78 is 10.8. The standard InChI is InChI=1S/C19H21NO3/c1-22-16-11-9-15(10-12-16)18-8-5-13-20(18)19(21)14-23-17-6-3-2-4-7-17/h2-4,6-7,9-12,18H,5,8,13-14H2,1H3. The third kappa shape index (κ3) is 3.65. The van der Waals surface area contributed by atoms with Crippen molar-refractivity contribution in [3.8, 4) is 11.5 Å². The molecule has 1 aliphatic rings. The number of carbonyl (C=O) groups excluding carboxylic acids is 1. The summed E-state index contributed by atoms with van der Waals surface area (Å²) in [5, 5.41) is 0. The Hall–Kier alpha value is -2.49. The molecule has 2 aromatic rings. The van der Waals surface area contributed by atoms with Gasteiger partial charge in [-0.3, -0.25) is 4.79 Å². The van der Waals surface area contributed by atoms with Crippen molar-refractivity contribution in [3.05, 3.63) is 60.2 Å². The third-order valence-corrected chi connectivity index (χ3v) is 4.18. The van der Waals surface area contributed by atoms with Crippen LogP contribution in [0.5, 0.6) is 11.5 Å². The minimum Gasteiger partial charge on any atom is -0.497 e. The molecule has 0 radical (unpaired) electrons. The highest BCUT2D eigenvalue weighted by Gasteiger charge is 2.30. The van der Waals surface area contributed by atoms with Gasteiger partial charge in [-0.2, -0.15) is 0 Å². The zero-order valence-corrected chi connectivity index (χ0v) is 13.3. The van der Waals surface area contributed by atoms with Crippen LogP contribution in [0.4, 0.5) is 0 Å². The fraction of sp³-hybridized carbons (Fsp3) is 0.316. The van der Waals surface area contributed by atoms with Crippen LogP contribution in [0.25, 0.3) is 0 Å². The number of carbonyl (C=O) groups is 1. The van der Waals surface area contributed by atoms with E-state index < -0.39 is 0 Å². The van der Waals surface area contributed by atoms with Gasteiger partial charge in [-0.25, -0.2) is 0 Å². The van der Waals surface area contributed by atoms with Crippen LogP contribution in [-0.4, -0.2) is 31.1 Å². The molecular weight excluding hydrogens is 290 g/mol. The van der Waals surface area contributed by atoms with Gasteiger partial charge in [-0.05, 0) is 42.7 Å². The van der Waals surface area contributed by atoms with Gasteiger partial charge in [0.2, 0.25) is 0 Å². The highest BCUT2D eigenvalue weighted by atomic mass is 16.5. The monoisotopic (exact) mass is 311 g/mol. The van der Waals surface area contributed by atoms with E-state index in [9.17, 15) is 4.79 Å². The quantitative estimate of drug-likeness (QED) is 0.849. The number of likely N-dealkylation sites (tertiary alicyclic amines) is 1. The first-order valence-corrected chi connectivity index (χ1v) is 7.89. The van der Waals surface area contributed by atoms with Crippen molar-refractivity contribution < 1.29 is 14.3 Å². The van der Waals surface area contributed by atoms with Crippen molar-refractivity contribution in [2.75, 3.05) is 20.3 Å². The summed E-state index contributed by atoms with van der Waals surface area (Å²) >= 11 is 0. The Bertz CT molecular complexity index is 639. The molecule has 1 saturated heterocycles. The molecule has 0 saturated carbocycles. The van der Waals surface area contributed by atoms with Crippen LogP contribution >= 0.6 is 0 Å². The molecule has 120 valence electrons. The Morgan fingerprint density at radius 1 is 1.09 bits per heavy atom. The molecule has 2 aromatic carbocycles. The SMILES string of the molecule is COc1ccc(C2CCCN2C(=O)COc2ccccc2)cc1. The number of para-hydroxylation sites is 1. The van der Waals surface area contributed by atoms with Gasteiger partial charge in [-0.1, -0.05) is 30.3 Å². The average Bonchev–Trinajstić information content (AvgIpc) is 3.10. The highest BCUT2D eigenvalue weighted by molar-refractivity contribution is 5.78. The lowest BCUT2D eigenvalue weighted by Gasteiger charge is -2.25. The third-order valence-electron chi connectivity index (χ3n) is 4.18. The maximum atomic E-state index is 12.5. The van der Waals surface area contributed by atoms with Crippen LogP contribution in [0.15, 0.2) is 54.6 Å². The van der Waals surface area contributed by atoms with Gasteiger partial charge in [0.1, 0.15) is 11.5 Å². The lowest BCUT2D eigenvalue weighted by molar-refractivity contribution is -0.134. The molecule has 0 bridgehead atoms. The first-order chi connectivity index (χ1) is 11.3. The molecule has 0 N–H and O–H groups in total. The second-order valence-corrected chi connectivity index (χ2v) is 5.62. The van der Waals surface area contributed by atoms with E-state index in [1.165, 1.54) is 0 Å². The summed E-state index contributed by atoms with van der Waals surface area (Å²) in [5.41, 5.74) is 1.15. The van der Waals surface area contributed by atoms with Gasteiger partial charge in [0, 0.05) is 6.54 Å². The van der Waals surface area contributed by atoms with Gasteiger partial charge >= 0.3 is 0 Å². The normalized spacial score (nSPS) is 17.1. The molecule has 3 rings (SSSR count). The molecule has 0 spiro atoms. The lowest BCUT2D eigenvalue weighted by atomic mass is 10.0. The van der Waals surface area contributed by atoms with E-state index in [-0.39, 0.29) is 18.6 Å². The molecule has 0 aromatic heterocycles. The molecule has 1 atom stereocenters. The summed E-state index contributed by atoms with van der Waals surface area (Å²) in [7, 11) is 1.65. The molecule has 4 nitrogen and oxygen atoms in total. The number of benzene rings is 2. The molecule has 0 aliphatic carbocycles. The number of rotatable bonds is 5. The molecule has 1 aliphatic heterocycles.